The Labute approximate surface area is 142 Å². The summed E-state index contributed by atoms with van der Waals surface area (Å²) in [5.41, 5.74) is 0. The molecule has 0 bridgehead atoms. The number of nitrogens with one attached hydrogen (secondary N) is 2. The smallest absolute Gasteiger partial charge is 0.369 e. The first-order valence-corrected chi connectivity index (χ1v) is 12.2. The zero-order valence-electron chi connectivity index (χ0n) is 13.4. The van der Waals surface area contributed by atoms with Crippen molar-refractivity contribution in [1.29, 1.82) is 0 Å². The van der Waals surface area contributed by atoms with E-state index < -0.39 is 42.5 Å². The molecule has 24 heavy (non-hydrogen) atoms. The van der Waals surface area contributed by atoms with Gasteiger partial charge in [-0.15, -0.1) is 0 Å². The fourth-order valence-electron chi connectivity index (χ4n) is 1.73. The molecule has 0 aliphatic heterocycles. The van der Waals surface area contributed by atoms with Gasteiger partial charge in [0.05, 0.1) is 0 Å². The molecule has 11 nitrogen and oxygen atoms in total. The Morgan fingerprint density at radius 1 is 1.08 bits per heavy atom. The monoisotopic (exact) mass is 408 g/mol. The highest BCUT2D eigenvalue weighted by molar-refractivity contribution is 7.72. The van der Waals surface area contributed by atoms with Gasteiger partial charge < -0.3 is 39.7 Å². The van der Waals surface area contributed by atoms with Crippen molar-refractivity contribution in [1.82, 2.24) is 10.6 Å². The predicted molar refractivity (Wildman–Crippen MR) is 89.3 cm³/mol. The minimum absolute atomic E-state index is 0.109. The van der Waals surface area contributed by atoms with Crippen molar-refractivity contribution in [2.75, 3.05) is 19.7 Å². The highest BCUT2D eigenvalue weighted by atomic mass is 31.2. The predicted octanol–water partition coefficient (Wildman–Crippen LogP) is -1.00. The van der Waals surface area contributed by atoms with Gasteiger partial charge in [-0.1, -0.05) is 0 Å². The summed E-state index contributed by atoms with van der Waals surface area (Å²) in [6.07, 6.45) is -0.311. The largest absolute Gasteiger partial charge is 0.424 e. The molecule has 0 fully saturated rings. The molecular weight excluding hydrogens is 382 g/mol. The molecule has 0 atom stereocenters. The van der Waals surface area contributed by atoms with E-state index >= 15 is 0 Å². The highest BCUT2D eigenvalue weighted by Gasteiger charge is 2.58. The van der Waals surface area contributed by atoms with Crippen LogP contribution in [0.15, 0.2) is 0 Å². The normalized spacial score (nSPS) is 13.4. The van der Waals surface area contributed by atoms with Crippen molar-refractivity contribution in [3.63, 3.8) is 0 Å². The molecule has 0 aliphatic rings. The van der Waals surface area contributed by atoms with Crippen LogP contribution in [0.25, 0.3) is 0 Å². The third-order valence-electron chi connectivity index (χ3n) is 3.11. The number of rotatable bonds is 12. The molecule has 7 N–H and O–H groups in total. The quantitative estimate of drug-likeness (QED) is 0.121. The van der Waals surface area contributed by atoms with Gasteiger partial charge in [-0.3, -0.25) is 9.13 Å². The molecule has 144 valence electrons. The van der Waals surface area contributed by atoms with E-state index in [1.807, 2.05) is 6.92 Å². The average Bonchev–Trinajstić information content (AvgIpc) is 2.44. The van der Waals surface area contributed by atoms with Crippen LogP contribution in [0.2, 0.25) is 6.04 Å². The van der Waals surface area contributed by atoms with E-state index in [0.717, 1.165) is 12.5 Å². The lowest BCUT2D eigenvalue weighted by molar-refractivity contribution is 0.121. The molecule has 0 spiro atoms. The van der Waals surface area contributed by atoms with Crippen LogP contribution in [0.1, 0.15) is 26.2 Å². The van der Waals surface area contributed by atoms with Gasteiger partial charge in [0.15, 0.2) is 9.76 Å². The Morgan fingerprint density at radius 3 is 2.04 bits per heavy atom. The Hall–Kier alpha value is -0.293. The van der Waals surface area contributed by atoms with Crippen LogP contribution >= 0.6 is 15.2 Å². The average molecular weight is 408 g/mol. The summed E-state index contributed by atoms with van der Waals surface area (Å²) in [6, 6.07) is 0.412. The minimum Gasteiger partial charge on any atom is -0.424 e. The number of hydrogen-bond acceptors (Lipinski definition) is 5. The maximum Gasteiger partial charge on any atom is 0.369 e. The number of carbonyl (C=O) groups excluding carboxylic acids is 1. The zero-order valence-corrected chi connectivity index (χ0v) is 16.6. The molecule has 0 saturated carbocycles. The van der Waals surface area contributed by atoms with Crippen LogP contribution in [-0.4, -0.2) is 65.3 Å². The minimum atomic E-state index is -5.45. The van der Waals surface area contributed by atoms with E-state index in [1.54, 1.807) is 0 Å². The van der Waals surface area contributed by atoms with Crippen molar-refractivity contribution in [3.05, 3.63) is 0 Å². The third-order valence-corrected chi connectivity index (χ3v) is 8.47. The van der Waals surface area contributed by atoms with Crippen molar-refractivity contribution in [3.8, 4) is 0 Å². The molecule has 0 rings (SSSR count). The van der Waals surface area contributed by atoms with Crippen molar-refractivity contribution < 1.29 is 43.0 Å². The second kappa shape index (κ2) is 10.6. The fraction of sp³-hybridized carbons (Fsp3) is 0.900. The molecule has 0 radical (unpaired) electrons. The Bertz CT molecular complexity index is 459. The third kappa shape index (κ3) is 8.19. The number of amides is 2. The van der Waals surface area contributed by atoms with E-state index in [0.29, 0.717) is 13.2 Å². The van der Waals surface area contributed by atoms with Crippen LogP contribution in [0.3, 0.4) is 0 Å². The van der Waals surface area contributed by atoms with Gasteiger partial charge in [-0.05, 0) is 25.8 Å². The first-order valence-electron chi connectivity index (χ1n) is 7.39. The maximum absolute atomic E-state index is 11.4. The van der Waals surface area contributed by atoms with Crippen LogP contribution < -0.4 is 10.6 Å². The summed E-state index contributed by atoms with van der Waals surface area (Å²) in [4.78, 5) is 47.2. The first-order chi connectivity index (χ1) is 11.0. The summed E-state index contributed by atoms with van der Waals surface area (Å²) >= 11 is 0. The summed E-state index contributed by atoms with van der Waals surface area (Å²) in [7, 11) is -11.4. The number of carbonyl (C=O) groups is 1. The molecule has 0 heterocycles. The van der Waals surface area contributed by atoms with Gasteiger partial charge in [-0.25, -0.2) is 4.79 Å². The highest BCUT2D eigenvalue weighted by Crippen LogP contribution is 2.69. The van der Waals surface area contributed by atoms with E-state index in [-0.39, 0.29) is 13.0 Å². The molecule has 0 unspecified atom stereocenters. The molecular formula is C10H26N2O9P2Si. The van der Waals surface area contributed by atoms with Gasteiger partial charge in [0.1, 0.15) is 0 Å². The van der Waals surface area contributed by atoms with Crippen LogP contribution in [0, 0.1) is 0 Å². The molecule has 14 heteroatoms. The topological polar surface area (TPSA) is 186 Å². The molecule has 0 aliphatic carbocycles. The fourth-order valence-corrected chi connectivity index (χ4v) is 4.93. The van der Waals surface area contributed by atoms with Gasteiger partial charge in [0.25, 0.3) is 5.08 Å². The van der Waals surface area contributed by atoms with E-state index in [2.05, 4.69) is 10.6 Å². The second-order valence-corrected chi connectivity index (χ2v) is 10.6. The van der Waals surface area contributed by atoms with Gasteiger partial charge >= 0.3 is 21.2 Å². The summed E-state index contributed by atoms with van der Waals surface area (Å²) < 4.78 is 27.5. The summed E-state index contributed by atoms with van der Waals surface area (Å²) in [6.45, 7) is 2.94. The molecule has 0 saturated heterocycles. The van der Waals surface area contributed by atoms with Crippen LogP contribution in [0.4, 0.5) is 4.79 Å². The summed E-state index contributed by atoms with van der Waals surface area (Å²) in [5.74, 6) is 0. The molecule has 0 aromatic heterocycles. The maximum atomic E-state index is 11.4. The van der Waals surface area contributed by atoms with Crippen molar-refractivity contribution in [2.24, 2.45) is 0 Å². The first kappa shape index (κ1) is 23.7. The Kier molecular flexibility index (Phi) is 10.5. The van der Waals surface area contributed by atoms with E-state index in [1.165, 1.54) is 0 Å². The Morgan fingerprint density at radius 2 is 1.58 bits per heavy atom. The zero-order chi connectivity index (χ0) is 18.9. The lowest BCUT2D eigenvalue weighted by atomic mass is 10.3. The van der Waals surface area contributed by atoms with Crippen molar-refractivity contribution in [2.45, 2.75) is 37.3 Å². The molecule has 2 amide bonds. The standard InChI is InChI=1S/C10H26N2O9P2Si/c1-2-21-24-8-4-7-12-9(13)11-6-3-5-10(14,22(15,16)17)23(18,19)20/h14H,2-8,24H2,1H3,(H2,11,12,13)(H2,15,16,17)(H2,18,19,20). The SMILES string of the molecule is CCO[SiH2]CCCNC(=O)NCCCC(O)(P(=O)(O)O)P(=O)(O)O. The number of urea groups is 1. The van der Waals surface area contributed by atoms with E-state index in [4.69, 9.17) is 24.0 Å². The number of hydrogen-bond donors (Lipinski definition) is 7. The van der Waals surface area contributed by atoms with Gasteiger partial charge in [-0.2, -0.15) is 0 Å². The van der Waals surface area contributed by atoms with Crippen molar-refractivity contribution >= 4 is 31.0 Å². The van der Waals surface area contributed by atoms with Gasteiger partial charge in [0.2, 0.25) is 0 Å². The molecule has 0 aromatic carbocycles. The lowest BCUT2D eigenvalue weighted by Gasteiger charge is -2.29. The van der Waals surface area contributed by atoms with Crippen LogP contribution in [-0.2, 0) is 13.6 Å². The van der Waals surface area contributed by atoms with Gasteiger partial charge in [0, 0.05) is 26.1 Å². The second-order valence-electron chi connectivity index (χ2n) is 5.05. The van der Waals surface area contributed by atoms with Crippen LogP contribution in [0.5, 0.6) is 0 Å². The Balaban J connectivity index is 4.08. The number of aliphatic hydroxyl groups is 1. The lowest BCUT2D eigenvalue weighted by Crippen LogP contribution is -2.37. The summed E-state index contributed by atoms with van der Waals surface area (Å²) in [5, 5.41) is 11.1. The van der Waals surface area contributed by atoms with E-state index in [9.17, 15) is 19.0 Å². The molecule has 0 aromatic rings.